The molecule has 1 aromatic rings. The molecule has 0 radical (unpaired) electrons. The maximum absolute atomic E-state index is 5.79. The fourth-order valence-electron chi connectivity index (χ4n) is 0.740. The number of nitrogens with two attached hydrogens (primary N) is 1. The topological polar surface area (TPSA) is 47.3 Å². The summed E-state index contributed by atoms with van der Waals surface area (Å²) in [6, 6.07) is 5.22. The van der Waals surface area contributed by atoms with E-state index in [4.69, 9.17) is 22.2 Å². The van der Waals surface area contributed by atoms with E-state index in [1.165, 1.54) is 0 Å². The van der Waals surface area contributed by atoms with E-state index in [1.54, 1.807) is 25.3 Å². The first kappa shape index (κ1) is 11.6. The molecule has 0 spiro atoms. The van der Waals surface area contributed by atoms with E-state index in [0.29, 0.717) is 16.5 Å². The lowest BCUT2D eigenvalue weighted by atomic mass is 10.3. The molecule has 0 bridgehead atoms. The van der Waals surface area contributed by atoms with Gasteiger partial charge >= 0.3 is 0 Å². The van der Waals surface area contributed by atoms with Crippen LogP contribution in [0.1, 0.15) is 0 Å². The van der Waals surface area contributed by atoms with Gasteiger partial charge in [0.25, 0.3) is 0 Å². The zero-order valence-corrected chi connectivity index (χ0v) is 8.97. The molecule has 12 heavy (non-hydrogen) atoms. The molecule has 0 atom stereocenters. The standard InChI is InChI=1S/C7H9ClN2O.BrH/c1-11-5-2-3-7(10-9)6(8)4-5;/h2-4,10H,9H2,1H3;1H. The zero-order chi connectivity index (χ0) is 8.27. The number of hydrogen-bond acceptors (Lipinski definition) is 3. The van der Waals surface area contributed by atoms with Gasteiger partial charge in [0.05, 0.1) is 17.8 Å². The third kappa shape index (κ3) is 2.55. The largest absolute Gasteiger partial charge is 0.497 e. The molecule has 0 saturated carbocycles. The number of benzene rings is 1. The molecule has 0 heterocycles. The van der Waals surface area contributed by atoms with Gasteiger partial charge in [-0.25, -0.2) is 0 Å². The van der Waals surface area contributed by atoms with Crippen molar-refractivity contribution in [2.75, 3.05) is 12.5 Å². The Hall–Kier alpha value is -0.450. The van der Waals surface area contributed by atoms with E-state index >= 15 is 0 Å². The number of nitrogen functional groups attached to an aromatic ring is 1. The number of hydrazine groups is 1. The number of hydrogen-bond donors (Lipinski definition) is 2. The molecule has 0 aliphatic carbocycles. The predicted molar refractivity (Wildman–Crippen MR) is 56.1 cm³/mol. The summed E-state index contributed by atoms with van der Waals surface area (Å²) < 4.78 is 4.94. The molecule has 0 amide bonds. The predicted octanol–water partition coefficient (Wildman–Crippen LogP) is 2.21. The van der Waals surface area contributed by atoms with Crippen LogP contribution < -0.4 is 16.0 Å². The summed E-state index contributed by atoms with van der Waals surface area (Å²) in [5.74, 6) is 5.88. The van der Waals surface area contributed by atoms with Crippen molar-refractivity contribution in [2.24, 2.45) is 5.84 Å². The summed E-state index contributed by atoms with van der Waals surface area (Å²) in [5, 5.41) is 0.548. The Morgan fingerprint density at radius 2 is 2.17 bits per heavy atom. The molecule has 0 aromatic heterocycles. The van der Waals surface area contributed by atoms with E-state index in [1.807, 2.05) is 0 Å². The average molecular weight is 254 g/mol. The lowest BCUT2D eigenvalue weighted by molar-refractivity contribution is 0.415. The maximum Gasteiger partial charge on any atom is 0.120 e. The van der Waals surface area contributed by atoms with Gasteiger partial charge in [-0.05, 0) is 12.1 Å². The van der Waals surface area contributed by atoms with E-state index < -0.39 is 0 Å². The Labute approximate surface area is 86.6 Å². The second-order valence-corrected chi connectivity index (χ2v) is 2.40. The second kappa shape index (κ2) is 5.24. The fourth-order valence-corrected chi connectivity index (χ4v) is 0.965. The SMILES string of the molecule is Br.COc1ccc(NN)c(Cl)c1. The molecule has 0 aliphatic heterocycles. The highest BCUT2D eigenvalue weighted by Gasteiger charge is 1.98. The van der Waals surface area contributed by atoms with Crippen LogP contribution in [0.5, 0.6) is 5.75 Å². The van der Waals surface area contributed by atoms with Crippen LogP contribution in [0.25, 0.3) is 0 Å². The van der Waals surface area contributed by atoms with E-state index in [-0.39, 0.29) is 17.0 Å². The van der Waals surface area contributed by atoms with Crippen molar-refractivity contribution in [3.8, 4) is 5.75 Å². The summed E-state index contributed by atoms with van der Waals surface area (Å²) >= 11 is 5.79. The average Bonchev–Trinajstić information content (AvgIpc) is 2.04. The van der Waals surface area contributed by atoms with Crippen LogP contribution >= 0.6 is 28.6 Å². The molecule has 0 aliphatic rings. The van der Waals surface area contributed by atoms with Crippen LogP contribution in [0.15, 0.2) is 18.2 Å². The number of rotatable bonds is 2. The smallest absolute Gasteiger partial charge is 0.120 e. The van der Waals surface area contributed by atoms with E-state index in [0.717, 1.165) is 0 Å². The van der Waals surface area contributed by atoms with Gasteiger partial charge in [-0.3, -0.25) is 5.84 Å². The molecule has 1 rings (SSSR count). The molecule has 0 unspecified atom stereocenters. The molecular weight excluding hydrogens is 243 g/mol. The Morgan fingerprint density at radius 1 is 1.50 bits per heavy atom. The van der Waals surface area contributed by atoms with Crippen molar-refractivity contribution >= 4 is 34.3 Å². The lowest BCUT2D eigenvalue weighted by Crippen LogP contribution is -2.06. The third-order valence-electron chi connectivity index (χ3n) is 1.33. The molecule has 3 nitrogen and oxygen atoms in total. The molecule has 3 N–H and O–H groups in total. The lowest BCUT2D eigenvalue weighted by Gasteiger charge is -2.04. The quantitative estimate of drug-likeness (QED) is 0.627. The molecule has 5 heteroatoms. The van der Waals surface area contributed by atoms with Crippen molar-refractivity contribution in [3.05, 3.63) is 23.2 Å². The second-order valence-electron chi connectivity index (χ2n) is 1.99. The van der Waals surface area contributed by atoms with Crippen molar-refractivity contribution in [1.82, 2.24) is 0 Å². The van der Waals surface area contributed by atoms with Gasteiger partial charge < -0.3 is 10.2 Å². The van der Waals surface area contributed by atoms with Crippen LogP contribution in [-0.4, -0.2) is 7.11 Å². The van der Waals surface area contributed by atoms with Crippen LogP contribution in [0.2, 0.25) is 5.02 Å². The van der Waals surface area contributed by atoms with Gasteiger partial charge in [0.15, 0.2) is 0 Å². The number of halogens is 2. The summed E-state index contributed by atoms with van der Waals surface area (Å²) in [5.41, 5.74) is 3.15. The van der Waals surface area contributed by atoms with Gasteiger partial charge in [0.2, 0.25) is 0 Å². The minimum Gasteiger partial charge on any atom is -0.497 e. The minimum absolute atomic E-state index is 0. The molecule has 0 fully saturated rings. The van der Waals surface area contributed by atoms with Gasteiger partial charge in [0, 0.05) is 6.07 Å². The maximum atomic E-state index is 5.79. The summed E-state index contributed by atoms with van der Waals surface area (Å²) in [4.78, 5) is 0. The Kier molecular flexibility index (Phi) is 5.04. The van der Waals surface area contributed by atoms with Gasteiger partial charge in [-0.2, -0.15) is 0 Å². The minimum atomic E-state index is 0. The first-order valence-corrected chi connectivity index (χ1v) is 3.46. The number of methoxy groups -OCH3 is 1. The van der Waals surface area contributed by atoms with Crippen molar-refractivity contribution in [3.63, 3.8) is 0 Å². The number of ether oxygens (including phenoxy) is 1. The fraction of sp³-hybridized carbons (Fsp3) is 0.143. The highest BCUT2D eigenvalue weighted by atomic mass is 79.9. The Morgan fingerprint density at radius 3 is 2.58 bits per heavy atom. The van der Waals surface area contributed by atoms with Crippen molar-refractivity contribution in [2.45, 2.75) is 0 Å². The molecule has 68 valence electrons. The van der Waals surface area contributed by atoms with Crippen molar-refractivity contribution < 1.29 is 4.74 Å². The van der Waals surface area contributed by atoms with Crippen LogP contribution in [0, 0.1) is 0 Å². The highest BCUT2D eigenvalue weighted by molar-refractivity contribution is 8.93. The van der Waals surface area contributed by atoms with Crippen molar-refractivity contribution in [1.29, 1.82) is 0 Å². The normalized spacial score (nSPS) is 8.58. The van der Waals surface area contributed by atoms with Crippen LogP contribution in [0.4, 0.5) is 5.69 Å². The number of anilines is 1. The highest BCUT2D eigenvalue weighted by Crippen LogP contribution is 2.25. The first-order chi connectivity index (χ1) is 5.27. The Balaban J connectivity index is 0.00000121. The Bertz CT molecular complexity index is 257. The van der Waals surface area contributed by atoms with Gasteiger partial charge in [-0.15, -0.1) is 17.0 Å². The molecule has 0 saturated heterocycles. The summed E-state index contributed by atoms with van der Waals surface area (Å²) in [6.07, 6.45) is 0. The monoisotopic (exact) mass is 252 g/mol. The first-order valence-electron chi connectivity index (χ1n) is 3.08. The summed E-state index contributed by atoms with van der Waals surface area (Å²) in [7, 11) is 1.58. The van der Waals surface area contributed by atoms with Gasteiger partial charge in [0.1, 0.15) is 5.75 Å². The van der Waals surface area contributed by atoms with E-state index in [9.17, 15) is 0 Å². The van der Waals surface area contributed by atoms with E-state index in [2.05, 4.69) is 5.43 Å². The third-order valence-corrected chi connectivity index (χ3v) is 1.64. The summed E-state index contributed by atoms with van der Waals surface area (Å²) in [6.45, 7) is 0. The van der Waals surface area contributed by atoms with Crippen LogP contribution in [-0.2, 0) is 0 Å². The molecule has 1 aromatic carbocycles. The molecular formula is C7H10BrClN2O. The number of nitrogens with one attached hydrogen (secondary N) is 1. The van der Waals surface area contributed by atoms with Gasteiger partial charge in [-0.1, -0.05) is 11.6 Å². The van der Waals surface area contributed by atoms with Crippen LogP contribution in [0.3, 0.4) is 0 Å². The zero-order valence-electron chi connectivity index (χ0n) is 6.50.